The molecule has 1 saturated carbocycles. The van der Waals surface area contributed by atoms with Crippen molar-refractivity contribution in [3.63, 3.8) is 0 Å². The van der Waals surface area contributed by atoms with Gasteiger partial charge in [0, 0.05) is 0 Å². The molecule has 0 amide bonds. The van der Waals surface area contributed by atoms with E-state index in [2.05, 4.69) is 10.2 Å². The summed E-state index contributed by atoms with van der Waals surface area (Å²) in [5, 5.41) is 7.80. The monoisotopic (exact) mass is 244 g/mol. The minimum Gasteiger partial charge on any atom is -0.170 e. The third-order valence-corrected chi connectivity index (χ3v) is 3.29. The van der Waals surface area contributed by atoms with Gasteiger partial charge in [0.15, 0.2) is 0 Å². The first-order chi connectivity index (χ1) is 7.90. The Morgan fingerprint density at radius 1 is 1.29 bits per heavy atom. The molecule has 17 heavy (non-hydrogen) atoms. The minimum atomic E-state index is -4.18. The van der Waals surface area contributed by atoms with Crippen LogP contribution in [0.15, 0.2) is 6.07 Å². The maximum absolute atomic E-state index is 13.1. The molecule has 0 N–H and O–H groups in total. The van der Waals surface area contributed by atoms with Crippen LogP contribution in [-0.4, -0.2) is 16.4 Å². The van der Waals surface area contributed by atoms with E-state index in [1.807, 2.05) is 6.92 Å². The van der Waals surface area contributed by atoms with Crippen molar-refractivity contribution in [2.75, 3.05) is 0 Å². The smallest absolute Gasteiger partial charge is 0.170 e. The topological polar surface area (TPSA) is 25.8 Å². The molecule has 1 aliphatic rings. The number of nitrogens with zero attached hydrogens (tertiary/aromatic N) is 2. The highest BCUT2D eigenvalue weighted by atomic mass is 19.4. The molecule has 2 nitrogen and oxygen atoms in total. The van der Waals surface area contributed by atoms with Crippen LogP contribution in [0.5, 0.6) is 0 Å². The summed E-state index contributed by atoms with van der Waals surface area (Å²) in [7, 11) is 0. The third kappa shape index (κ3) is 2.03. The molecule has 1 aromatic heterocycles. The Labute approximate surface area is 98.2 Å². The largest absolute Gasteiger partial charge is 0.398 e. The van der Waals surface area contributed by atoms with Gasteiger partial charge < -0.3 is 0 Å². The van der Waals surface area contributed by atoms with Gasteiger partial charge in [-0.25, -0.2) is 0 Å². The maximum Gasteiger partial charge on any atom is 0.398 e. The first-order valence-corrected chi connectivity index (χ1v) is 5.81. The molecule has 0 spiro atoms. The first-order valence-electron chi connectivity index (χ1n) is 5.81. The Hall–Kier alpha value is -1.13. The predicted molar refractivity (Wildman–Crippen MR) is 57.7 cm³/mol. The zero-order valence-corrected chi connectivity index (χ0v) is 9.93. The second-order valence-corrected chi connectivity index (χ2v) is 4.68. The summed E-state index contributed by atoms with van der Waals surface area (Å²) in [6.45, 7) is 3.61. The van der Waals surface area contributed by atoms with Crippen LogP contribution in [0.25, 0.3) is 0 Å². The van der Waals surface area contributed by atoms with Crippen LogP contribution in [0.4, 0.5) is 13.2 Å². The van der Waals surface area contributed by atoms with Gasteiger partial charge in [-0.3, -0.25) is 0 Å². The quantitative estimate of drug-likeness (QED) is 0.815. The van der Waals surface area contributed by atoms with Crippen LogP contribution in [0.3, 0.4) is 0 Å². The number of aryl methyl sites for hydroxylation is 2. The molecule has 5 heteroatoms. The minimum absolute atomic E-state index is 0.179. The molecular weight excluding hydrogens is 229 g/mol. The number of hydrogen-bond acceptors (Lipinski definition) is 2. The summed E-state index contributed by atoms with van der Waals surface area (Å²) in [4.78, 5) is 0. The van der Waals surface area contributed by atoms with Gasteiger partial charge in [-0.2, -0.15) is 23.4 Å². The van der Waals surface area contributed by atoms with E-state index >= 15 is 0 Å². The summed E-state index contributed by atoms with van der Waals surface area (Å²) < 4.78 is 39.3. The fourth-order valence-corrected chi connectivity index (χ4v) is 2.18. The van der Waals surface area contributed by atoms with Crippen LogP contribution < -0.4 is 0 Å². The van der Waals surface area contributed by atoms with Gasteiger partial charge in [-0.05, 0) is 37.8 Å². The lowest BCUT2D eigenvalue weighted by molar-refractivity contribution is -0.160. The zero-order chi connectivity index (χ0) is 12.7. The lowest BCUT2D eigenvalue weighted by atomic mass is 9.92. The normalized spacial score (nSPS) is 18.2. The van der Waals surface area contributed by atoms with Crippen molar-refractivity contribution < 1.29 is 13.2 Å². The molecule has 1 fully saturated rings. The van der Waals surface area contributed by atoms with Crippen LogP contribution in [0, 0.1) is 6.92 Å². The molecule has 1 aliphatic carbocycles. The summed E-state index contributed by atoms with van der Waals surface area (Å²) in [6.07, 6.45) is -2.49. The van der Waals surface area contributed by atoms with Crippen molar-refractivity contribution in [3.8, 4) is 0 Å². The predicted octanol–water partition coefficient (Wildman–Crippen LogP) is 3.33. The third-order valence-electron chi connectivity index (χ3n) is 3.29. The molecule has 0 aliphatic heterocycles. The molecule has 0 radical (unpaired) electrons. The van der Waals surface area contributed by atoms with Gasteiger partial charge in [0.05, 0.1) is 16.8 Å². The average Bonchev–Trinajstić information content (AvgIpc) is 3.01. The molecule has 0 unspecified atom stereocenters. The van der Waals surface area contributed by atoms with Crippen LogP contribution in [0.2, 0.25) is 0 Å². The maximum atomic E-state index is 13.1. The first kappa shape index (κ1) is 12.3. The molecular formula is C12H15F3N2. The van der Waals surface area contributed by atoms with E-state index in [-0.39, 0.29) is 12.8 Å². The number of rotatable bonds is 3. The van der Waals surface area contributed by atoms with Crippen molar-refractivity contribution in [2.45, 2.75) is 51.1 Å². The standard InChI is InChI=1S/C12H15F3N2/c1-3-4-10-9(7-8(2)16-17-10)11(5-6-11)12(13,14)15/h7H,3-6H2,1-2H3. The molecule has 1 aromatic rings. The summed E-state index contributed by atoms with van der Waals surface area (Å²) >= 11 is 0. The van der Waals surface area contributed by atoms with E-state index in [9.17, 15) is 13.2 Å². The highest BCUT2D eigenvalue weighted by Crippen LogP contribution is 2.59. The summed E-state index contributed by atoms with van der Waals surface area (Å²) in [5.41, 5.74) is -0.235. The highest BCUT2D eigenvalue weighted by Gasteiger charge is 2.65. The SMILES string of the molecule is CCCc1nnc(C)cc1C1(C(F)(F)F)CC1. The van der Waals surface area contributed by atoms with Crippen molar-refractivity contribution >= 4 is 0 Å². The number of alkyl halides is 3. The Kier molecular flexibility index (Phi) is 2.87. The van der Waals surface area contributed by atoms with Gasteiger partial charge >= 0.3 is 6.18 Å². The molecule has 94 valence electrons. The molecule has 1 heterocycles. The van der Waals surface area contributed by atoms with E-state index in [0.29, 0.717) is 23.4 Å². The van der Waals surface area contributed by atoms with E-state index in [0.717, 1.165) is 6.42 Å². The van der Waals surface area contributed by atoms with Crippen LogP contribution in [0.1, 0.15) is 43.1 Å². The zero-order valence-electron chi connectivity index (χ0n) is 9.93. The Balaban J connectivity index is 2.47. The van der Waals surface area contributed by atoms with Crippen molar-refractivity contribution in [3.05, 3.63) is 23.0 Å². The lowest BCUT2D eigenvalue weighted by Crippen LogP contribution is -2.30. The van der Waals surface area contributed by atoms with Crippen LogP contribution >= 0.6 is 0 Å². The van der Waals surface area contributed by atoms with E-state index in [1.54, 1.807) is 13.0 Å². The fourth-order valence-electron chi connectivity index (χ4n) is 2.18. The van der Waals surface area contributed by atoms with Crippen molar-refractivity contribution in [1.29, 1.82) is 0 Å². The van der Waals surface area contributed by atoms with Gasteiger partial charge in [-0.1, -0.05) is 13.3 Å². The Bertz CT molecular complexity index is 422. The van der Waals surface area contributed by atoms with E-state index in [1.165, 1.54) is 0 Å². The Morgan fingerprint density at radius 3 is 2.41 bits per heavy atom. The lowest BCUT2D eigenvalue weighted by Gasteiger charge is -2.21. The number of hydrogen-bond donors (Lipinski definition) is 0. The van der Waals surface area contributed by atoms with Gasteiger partial charge in [0.1, 0.15) is 0 Å². The van der Waals surface area contributed by atoms with Gasteiger partial charge in [-0.15, -0.1) is 0 Å². The van der Waals surface area contributed by atoms with E-state index < -0.39 is 11.6 Å². The summed E-state index contributed by atoms with van der Waals surface area (Å²) in [6, 6.07) is 1.55. The molecule has 0 bridgehead atoms. The Morgan fingerprint density at radius 2 is 1.94 bits per heavy atom. The van der Waals surface area contributed by atoms with Crippen molar-refractivity contribution in [1.82, 2.24) is 10.2 Å². The van der Waals surface area contributed by atoms with Crippen molar-refractivity contribution in [2.24, 2.45) is 0 Å². The highest BCUT2D eigenvalue weighted by molar-refractivity contribution is 5.37. The molecule has 0 saturated heterocycles. The average molecular weight is 244 g/mol. The summed E-state index contributed by atoms with van der Waals surface area (Å²) in [5.74, 6) is 0. The fraction of sp³-hybridized carbons (Fsp3) is 0.667. The van der Waals surface area contributed by atoms with Crippen LogP contribution in [-0.2, 0) is 11.8 Å². The number of aromatic nitrogens is 2. The van der Waals surface area contributed by atoms with Gasteiger partial charge in [0.25, 0.3) is 0 Å². The van der Waals surface area contributed by atoms with Gasteiger partial charge in [0.2, 0.25) is 0 Å². The molecule has 0 aromatic carbocycles. The second-order valence-electron chi connectivity index (χ2n) is 4.68. The second kappa shape index (κ2) is 3.96. The molecule has 2 rings (SSSR count). The molecule has 0 atom stereocenters. The van der Waals surface area contributed by atoms with E-state index in [4.69, 9.17) is 0 Å². The number of halogens is 3.